The number of aryl methyl sites for hydroxylation is 2. The van der Waals surface area contributed by atoms with E-state index in [1.54, 1.807) is 42.6 Å². The van der Waals surface area contributed by atoms with Gasteiger partial charge in [0.1, 0.15) is 11.6 Å². The minimum atomic E-state index is -2.32. The van der Waals surface area contributed by atoms with E-state index in [2.05, 4.69) is 39.0 Å². The summed E-state index contributed by atoms with van der Waals surface area (Å²) in [6.07, 6.45) is 1.77. The zero-order chi connectivity index (χ0) is 41.0. The van der Waals surface area contributed by atoms with E-state index in [1.807, 2.05) is 95.6 Å². The van der Waals surface area contributed by atoms with Crippen molar-refractivity contribution in [2.75, 3.05) is 0 Å². The van der Waals surface area contributed by atoms with Crippen LogP contribution < -0.4 is 0 Å². The molecule has 0 aliphatic heterocycles. The monoisotopic (exact) mass is 681 g/mol. The fourth-order valence-electron chi connectivity index (χ4n) is 6.79. The first-order chi connectivity index (χ1) is 27.6. The Morgan fingerprint density at radius 3 is 2.08 bits per heavy atom. The van der Waals surface area contributed by atoms with Crippen LogP contribution in [0, 0.1) is 13.7 Å². The summed E-state index contributed by atoms with van der Waals surface area (Å²) < 4.78 is 50.0. The Kier molecular flexibility index (Phi) is 6.70. The third-order valence-electron chi connectivity index (χ3n) is 9.54. The van der Waals surface area contributed by atoms with Gasteiger partial charge in [0.2, 0.25) is 0 Å². The number of nitrogens with zero attached hydrogens (tertiary/aromatic N) is 3. The molecule has 0 atom stereocenters. The molecule has 2 heterocycles. The topological polar surface area (TPSA) is 50.9 Å². The summed E-state index contributed by atoms with van der Waals surface area (Å²) in [6, 6.07) is 45.4. The van der Waals surface area contributed by atoms with Crippen LogP contribution in [0.5, 0.6) is 5.75 Å². The Bertz CT molecular complexity index is 2800. The van der Waals surface area contributed by atoms with Gasteiger partial charge in [0.25, 0.3) is 0 Å². The summed E-state index contributed by atoms with van der Waals surface area (Å²) in [5, 5.41) is 11.3. The molecule has 1 N–H and O–H groups in total. The molecule has 0 radical (unpaired) electrons. The lowest BCUT2D eigenvalue weighted by Crippen LogP contribution is -2.11. The molecule has 0 saturated heterocycles. The largest absolute Gasteiger partial charge is 0.507 e. The normalized spacial score (nSPS) is 13.8. The molecular weight excluding hydrogens is 635 g/mol. The van der Waals surface area contributed by atoms with E-state index >= 15 is 0 Å². The summed E-state index contributed by atoms with van der Waals surface area (Å²) in [6.45, 7) is 2.02. The van der Waals surface area contributed by atoms with Gasteiger partial charge in [-0.15, -0.1) is 0 Å². The third-order valence-corrected chi connectivity index (χ3v) is 9.54. The average Bonchev–Trinajstić information content (AvgIpc) is 3.59. The van der Waals surface area contributed by atoms with Gasteiger partial charge in [0, 0.05) is 31.1 Å². The fourth-order valence-corrected chi connectivity index (χ4v) is 6.79. The lowest BCUT2D eigenvalue weighted by Gasteiger charge is -2.22. The molecule has 0 fully saturated rings. The lowest BCUT2D eigenvalue weighted by molar-refractivity contribution is 0.477. The molecule has 2 aromatic heterocycles. The standard InChI is InChI=1S/C48H41N3O/c1-31-18-21-33(22-19-31)35-24-25-49-42(30-35)37-27-36(28-38(29-37)48(3,4)5)39-15-11-16-44-46(39)50-47(40-14-9-10-17-45(40)52)51(44)43-23-20-32(2)26-41(43)34-12-7-6-8-13-34/h6-30,52H,1-5H3/i1D3,2D3. The predicted octanol–water partition coefficient (Wildman–Crippen LogP) is 12.4. The Labute approximate surface area is 314 Å². The molecule has 254 valence electrons. The van der Waals surface area contributed by atoms with Gasteiger partial charge < -0.3 is 5.11 Å². The molecule has 0 aliphatic carbocycles. The van der Waals surface area contributed by atoms with Gasteiger partial charge in [-0.3, -0.25) is 9.55 Å². The van der Waals surface area contributed by atoms with Gasteiger partial charge >= 0.3 is 0 Å². The van der Waals surface area contributed by atoms with E-state index in [4.69, 9.17) is 18.2 Å². The predicted molar refractivity (Wildman–Crippen MR) is 216 cm³/mol. The van der Waals surface area contributed by atoms with Crippen LogP contribution in [0.2, 0.25) is 0 Å². The van der Waals surface area contributed by atoms with Crippen molar-refractivity contribution in [3.8, 4) is 67.5 Å². The molecule has 0 unspecified atom stereocenters. The number of hydrogen-bond donors (Lipinski definition) is 1. The fraction of sp³-hybridized carbons (Fsp3) is 0.125. The van der Waals surface area contributed by atoms with E-state index in [0.29, 0.717) is 33.7 Å². The van der Waals surface area contributed by atoms with Crippen LogP contribution in [0.25, 0.3) is 72.7 Å². The second-order valence-electron chi connectivity index (χ2n) is 14.1. The number of imidazole rings is 1. The zero-order valence-electron chi connectivity index (χ0n) is 35.2. The number of phenolic OH excluding ortho intramolecular Hbond substituents is 1. The van der Waals surface area contributed by atoms with Gasteiger partial charge in [0.05, 0.1) is 28.0 Å². The number of para-hydroxylation sites is 2. The summed E-state index contributed by atoms with van der Waals surface area (Å²) in [5.41, 5.74) is 10.9. The maximum Gasteiger partial charge on any atom is 0.149 e. The van der Waals surface area contributed by atoms with Crippen molar-refractivity contribution in [2.24, 2.45) is 0 Å². The van der Waals surface area contributed by atoms with E-state index in [0.717, 1.165) is 50.2 Å². The number of pyridine rings is 1. The Morgan fingerprint density at radius 1 is 0.577 bits per heavy atom. The maximum atomic E-state index is 11.3. The SMILES string of the molecule is [2H]C([2H])([2H])c1ccc(-c2ccnc(-c3cc(-c4cccc5c4nc(-c4ccccc4O)n5-c4ccc(C([2H])([2H])[2H])cc4-c4ccccc4)cc(C(C)(C)C)c3)c2)cc1. The van der Waals surface area contributed by atoms with E-state index in [1.165, 1.54) is 0 Å². The molecule has 0 saturated carbocycles. The van der Waals surface area contributed by atoms with Gasteiger partial charge in [-0.05, 0) is 102 Å². The second kappa shape index (κ2) is 13.1. The van der Waals surface area contributed by atoms with Gasteiger partial charge in [-0.2, -0.15) is 0 Å². The molecule has 52 heavy (non-hydrogen) atoms. The molecule has 0 aliphatic rings. The van der Waals surface area contributed by atoms with E-state index < -0.39 is 13.7 Å². The summed E-state index contributed by atoms with van der Waals surface area (Å²) >= 11 is 0. The maximum absolute atomic E-state index is 11.3. The first-order valence-electron chi connectivity index (χ1n) is 20.3. The van der Waals surface area contributed by atoms with Crippen molar-refractivity contribution in [1.82, 2.24) is 14.5 Å². The van der Waals surface area contributed by atoms with Crippen LogP contribution in [0.15, 0.2) is 152 Å². The van der Waals surface area contributed by atoms with Crippen LogP contribution in [0.4, 0.5) is 0 Å². The van der Waals surface area contributed by atoms with Crippen LogP contribution in [-0.2, 0) is 5.41 Å². The summed E-state index contributed by atoms with van der Waals surface area (Å²) in [7, 11) is 0. The minimum Gasteiger partial charge on any atom is -0.507 e. The minimum absolute atomic E-state index is 0.0667. The quantitative estimate of drug-likeness (QED) is 0.190. The van der Waals surface area contributed by atoms with Crippen molar-refractivity contribution >= 4 is 11.0 Å². The van der Waals surface area contributed by atoms with Crippen molar-refractivity contribution in [2.45, 2.75) is 39.9 Å². The third kappa shape index (κ3) is 6.18. The smallest absolute Gasteiger partial charge is 0.149 e. The van der Waals surface area contributed by atoms with Crippen LogP contribution in [0.1, 0.15) is 45.7 Å². The lowest BCUT2D eigenvalue weighted by atomic mass is 9.83. The van der Waals surface area contributed by atoms with E-state index in [-0.39, 0.29) is 16.7 Å². The van der Waals surface area contributed by atoms with Crippen molar-refractivity contribution in [3.05, 3.63) is 168 Å². The molecule has 8 aromatic rings. The molecule has 0 amide bonds. The van der Waals surface area contributed by atoms with Gasteiger partial charge in [0.15, 0.2) is 0 Å². The number of aromatic nitrogens is 3. The Morgan fingerprint density at radius 2 is 1.31 bits per heavy atom. The van der Waals surface area contributed by atoms with Gasteiger partial charge in [-0.1, -0.05) is 123 Å². The van der Waals surface area contributed by atoms with Crippen molar-refractivity contribution in [3.63, 3.8) is 0 Å². The number of phenols is 1. The number of aromatic hydroxyl groups is 1. The van der Waals surface area contributed by atoms with E-state index in [9.17, 15) is 5.11 Å². The highest BCUT2D eigenvalue weighted by molar-refractivity contribution is 5.97. The van der Waals surface area contributed by atoms with Crippen molar-refractivity contribution < 1.29 is 13.3 Å². The highest BCUT2D eigenvalue weighted by atomic mass is 16.3. The zero-order valence-corrected chi connectivity index (χ0v) is 29.2. The Hall–Kier alpha value is -6.26. The van der Waals surface area contributed by atoms with Crippen LogP contribution in [-0.4, -0.2) is 19.6 Å². The molecule has 6 aromatic carbocycles. The molecule has 0 bridgehead atoms. The highest BCUT2D eigenvalue weighted by Gasteiger charge is 2.23. The molecule has 8 rings (SSSR count). The first-order valence-corrected chi connectivity index (χ1v) is 17.3. The van der Waals surface area contributed by atoms with Gasteiger partial charge in [-0.25, -0.2) is 4.98 Å². The number of benzene rings is 6. The summed E-state index contributed by atoms with van der Waals surface area (Å²) in [5.74, 6) is 0.572. The number of hydrogen-bond acceptors (Lipinski definition) is 3. The highest BCUT2D eigenvalue weighted by Crippen LogP contribution is 2.41. The second-order valence-corrected chi connectivity index (χ2v) is 14.1. The summed E-state index contributed by atoms with van der Waals surface area (Å²) in [4.78, 5) is 10.1. The molecule has 4 nitrogen and oxygen atoms in total. The van der Waals surface area contributed by atoms with Crippen LogP contribution >= 0.6 is 0 Å². The van der Waals surface area contributed by atoms with Crippen LogP contribution in [0.3, 0.4) is 0 Å². The molecule has 4 heteroatoms. The first kappa shape index (κ1) is 26.5. The molecular formula is C48H41N3O. The Balaban J connectivity index is 1.35. The number of fused-ring (bicyclic) bond motifs is 1. The number of rotatable bonds is 6. The molecule has 0 spiro atoms. The average molecular weight is 682 g/mol. The van der Waals surface area contributed by atoms with Crippen molar-refractivity contribution in [1.29, 1.82) is 0 Å².